The maximum atomic E-state index is 13.2. The molecule has 8 heteroatoms. The number of pyridine rings is 2. The Morgan fingerprint density at radius 2 is 1.82 bits per heavy atom. The van der Waals surface area contributed by atoms with Crippen molar-refractivity contribution in [2.75, 3.05) is 36.4 Å². The van der Waals surface area contributed by atoms with Crippen LogP contribution in [0.2, 0.25) is 0 Å². The Morgan fingerprint density at radius 1 is 0.974 bits per heavy atom. The van der Waals surface area contributed by atoms with Crippen LogP contribution in [0.25, 0.3) is 22.0 Å². The van der Waals surface area contributed by atoms with Gasteiger partial charge in [-0.05, 0) is 92.6 Å². The molecule has 0 radical (unpaired) electrons. The molecule has 5 heterocycles. The van der Waals surface area contributed by atoms with Crippen LogP contribution in [0.3, 0.4) is 0 Å². The van der Waals surface area contributed by atoms with E-state index in [1.807, 2.05) is 36.7 Å². The van der Waals surface area contributed by atoms with Crippen LogP contribution >= 0.6 is 0 Å². The number of amides is 1. The Bertz CT molecular complexity index is 1400. The van der Waals surface area contributed by atoms with Crippen molar-refractivity contribution in [2.24, 2.45) is 5.92 Å². The zero-order valence-corrected chi connectivity index (χ0v) is 22.0. The third-order valence-electron chi connectivity index (χ3n) is 7.87. The van der Waals surface area contributed by atoms with E-state index in [0.717, 1.165) is 66.5 Å². The van der Waals surface area contributed by atoms with Gasteiger partial charge in [-0.1, -0.05) is 13.0 Å². The Kier molecular flexibility index (Phi) is 7.05. The molecule has 3 aromatic heterocycles. The molecule has 196 valence electrons. The van der Waals surface area contributed by atoms with Crippen LogP contribution in [0.5, 0.6) is 0 Å². The fourth-order valence-electron chi connectivity index (χ4n) is 5.54. The van der Waals surface area contributed by atoms with Gasteiger partial charge in [-0.15, -0.1) is 0 Å². The highest BCUT2D eigenvalue weighted by atomic mass is 16.1. The van der Waals surface area contributed by atoms with E-state index in [4.69, 9.17) is 0 Å². The minimum absolute atomic E-state index is 0.257. The van der Waals surface area contributed by atoms with Gasteiger partial charge < -0.3 is 10.2 Å². The van der Waals surface area contributed by atoms with E-state index in [2.05, 4.69) is 54.3 Å². The van der Waals surface area contributed by atoms with E-state index in [1.165, 1.54) is 37.7 Å². The number of anilines is 2. The fraction of sp³-hybridized carbons (Fsp3) is 0.400. The van der Waals surface area contributed by atoms with Gasteiger partial charge in [-0.25, -0.2) is 4.98 Å². The average Bonchev–Trinajstić information content (AvgIpc) is 3.39. The van der Waals surface area contributed by atoms with Gasteiger partial charge in [0.2, 0.25) is 0 Å². The SMILES string of the molecule is CC1CCN(Cc2cncc(-c3ccc4[nH]nc(C(=O)Nc5ccc(N6CCCCC6)nc5)c4c3)c2)CC1. The monoisotopic (exact) mass is 509 g/mol. The number of nitrogens with zero attached hydrogens (tertiary/aromatic N) is 5. The number of nitrogens with one attached hydrogen (secondary N) is 2. The van der Waals surface area contributed by atoms with Crippen LogP contribution in [0.15, 0.2) is 55.0 Å². The van der Waals surface area contributed by atoms with Crippen molar-refractivity contribution in [3.05, 3.63) is 66.2 Å². The summed E-state index contributed by atoms with van der Waals surface area (Å²) in [6.07, 6.45) is 11.8. The molecular weight excluding hydrogens is 474 g/mol. The first kappa shape index (κ1) is 24.6. The van der Waals surface area contributed by atoms with Gasteiger partial charge in [0.25, 0.3) is 5.91 Å². The molecule has 2 saturated heterocycles. The predicted molar refractivity (Wildman–Crippen MR) is 151 cm³/mol. The summed E-state index contributed by atoms with van der Waals surface area (Å²) in [6.45, 7) is 7.61. The molecule has 0 saturated carbocycles. The molecule has 6 rings (SSSR count). The zero-order valence-electron chi connectivity index (χ0n) is 22.0. The maximum absolute atomic E-state index is 13.2. The molecule has 38 heavy (non-hydrogen) atoms. The molecule has 2 aliphatic rings. The summed E-state index contributed by atoms with van der Waals surface area (Å²) >= 11 is 0. The van der Waals surface area contributed by atoms with Gasteiger partial charge in [-0.2, -0.15) is 5.10 Å². The summed E-state index contributed by atoms with van der Waals surface area (Å²) in [5.74, 6) is 1.52. The first-order valence-electron chi connectivity index (χ1n) is 13.8. The second kappa shape index (κ2) is 10.9. The van der Waals surface area contributed by atoms with Crippen LogP contribution in [0.1, 0.15) is 55.1 Å². The maximum Gasteiger partial charge on any atom is 0.276 e. The van der Waals surface area contributed by atoms with E-state index in [-0.39, 0.29) is 5.91 Å². The Balaban J connectivity index is 1.18. The molecule has 2 N–H and O–H groups in total. The number of H-pyrrole nitrogens is 1. The Morgan fingerprint density at radius 3 is 2.61 bits per heavy atom. The molecule has 2 fully saturated rings. The first-order valence-corrected chi connectivity index (χ1v) is 13.8. The average molecular weight is 510 g/mol. The highest BCUT2D eigenvalue weighted by molar-refractivity contribution is 6.11. The van der Waals surface area contributed by atoms with Crippen molar-refractivity contribution >= 4 is 28.3 Å². The predicted octanol–water partition coefficient (Wildman–Crippen LogP) is 5.49. The molecule has 1 aromatic carbocycles. The van der Waals surface area contributed by atoms with Crippen molar-refractivity contribution in [1.29, 1.82) is 0 Å². The van der Waals surface area contributed by atoms with Gasteiger partial charge in [0.05, 0.1) is 17.4 Å². The normalized spacial score (nSPS) is 17.1. The van der Waals surface area contributed by atoms with Crippen LogP contribution in [-0.4, -0.2) is 57.2 Å². The van der Waals surface area contributed by atoms with Crippen molar-refractivity contribution in [2.45, 2.75) is 45.6 Å². The van der Waals surface area contributed by atoms with Gasteiger partial charge in [0, 0.05) is 43.0 Å². The number of aromatic amines is 1. The quantitative estimate of drug-likeness (QED) is 0.357. The summed E-state index contributed by atoms with van der Waals surface area (Å²) < 4.78 is 0. The van der Waals surface area contributed by atoms with Crippen molar-refractivity contribution in [3.63, 3.8) is 0 Å². The summed E-state index contributed by atoms with van der Waals surface area (Å²) in [5, 5.41) is 11.1. The molecular formula is C30H35N7O. The number of hydrogen-bond donors (Lipinski definition) is 2. The number of likely N-dealkylation sites (tertiary alicyclic amines) is 1. The first-order chi connectivity index (χ1) is 18.6. The van der Waals surface area contributed by atoms with Gasteiger partial charge in [-0.3, -0.25) is 19.8 Å². The lowest BCUT2D eigenvalue weighted by Gasteiger charge is -2.30. The van der Waals surface area contributed by atoms with Crippen LogP contribution in [0, 0.1) is 5.92 Å². The summed E-state index contributed by atoms with van der Waals surface area (Å²) in [5.41, 5.74) is 5.12. The van der Waals surface area contributed by atoms with E-state index in [1.54, 1.807) is 6.20 Å². The molecule has 8 nitrogen and oxygen atoms in total. The molecule has 0 spiro atoms. The number of aromatic nitrogens is 4. The number of carbonyl (C=O) groups is 1. The van der Waals surface area contributed by atoms with Crippen LogP contribution < -0.4 is 10.2 Å². The van der Waals surface area contributed by atoms with Crippen LogP contribution in [0.4, 0.5) is 11.5 Å². The number of carbonyl (C=O) groups excluding carboxylic acids is 1. The lowest BCUT2D eigenvalue weighted by atomic mass is 9.98. The smallest absolute Gasteiger partial charge is 0.276 e. The lowest BCUT2D eigenvalue weighted by Crippen LogP contribution is -2.32. The molecule has 4 aromatic rings. The standard InChI is InChI=1S/C30H35N7O/c1-21-9-13-36(14-10-21)20-22-15-24(18-31-17-22)23-5-7-27-26(16-23)29(35-34-27)30(38)33-25-6-8-28(32-19-25)37-11-3-2-4-12-37/h5-8,15-19,21H,2-4,9-14,20H2,1H3,(H,33,38)(H,34,35). The van der Waals surface area contributed by atoms with E-state index in [9.17, 15) is 4.79 Å². The summed E-state index contributed by atoms with van der Waals surface area (Å²) in [6, 6.07) is 12.1. The van der Waals surface area contributed by atoms with Crippen LogP contribution in [-0.2, 0) is 6.54 Å². The van der Waals surface area contributed by atoms with Gasteiger partial charge in [0.15, 0.2) is 5.69 Å². The molecule has 2 aliphatic heterocycles. The van der Waals surface area contributed by atoms with Crippen molar-refractivity contribution < 1.29 is 4.79 Å². The van der Waals surface area contributed by atoms with Gasteiger partial charge in [0.1, 0.15) is 5.82 Å². The number of fused-ring (bicyclic) bond motifs is 1. The summed E-state index contributed by atoms with van der Waals surface area (Å²) in [7, 11) is 0. The zero-order chi connectivity index (χ0) is 25.9. The van der Waals surface area contributed by atoms with Gasteiger partial charge >= 0.3 is 0 Å². The second-order valence-electron chi connectivity index (χ2n) is 10.8. The topological polar surface area (TPSA) is 90.0 Å². The number of rotatable bonds is 6. The Hall–Kier alpha value is -3.78. The molecule has 1 amide bonds. The van der Waals surface area contributed by atoms with E-state index in [0.29, 0.717) is 11.4 Å². The highest BCUT2D eigenvalue weighted by Crippen LogP contribution is 2.27. The minimum atomic E-state index is -0.257. The number of benzene rings is 1. The third-order valence-corrected chi connectivity index (χ3v) is 7.87. The number of hydrogen-bond acceptors (Lipinski definition) is 6. The van der Waals surface area contributed by atoms with E-state index < -0.39 is 0 Å². The molecule has 0 aliphatic carbocycles. The number of piperidine rings is 2. The highest BCUT2D eigenvalue weighted by Gasteiger charge is 2.18. The summed E-state index contributed by atoms with van der Waals surface area (Å²) in [4.78, 5) is 27.1. The Labute approximate surface area is 223 Å². The lowest BCUT2D eigenvalue weighted by molar-refractivity contribution is 0.102. The largest absolute Gasteiger partial charge is 0.357 e. The minimum Gasteiger partial charge on any atom is -0.357 e. The molecule has 0 atom stereocenters. The van der Waals surface area contributed by atoms with Crippen molar-refractivity contribution in [3.8, 4) is 11.1 Å². The molecule has 0 unspecified atom stereocenters. The molecule has 0 bridgehead atoms. The second-order valence-corrected chi connectivity index (χ2v) is 10.8. The van der Waals surface area contributed by atoms with Crippen molar-refractivity contribution in [1.82, 2.24) is 25.1 Å². The fourth-order valence-corrected chi connectivity index (χ4v) is 5.54. The van der Waals surface area contributed by atoms with E-state index >= 15 is 0 Å². The third kappa shape index (κ3) is 5.41.